The van der Waals surface area contributed by atoms with Crippen LogP contribution in [0.15, 0.2) is 48.6 Å². The van der Waals surface area contributed by atoms with E-state index in [0.29, 0.717) is 6.42 Å². The molecular weight excluding hydrogens is 919 g/mol. The zero-order valence-electron chi connectivity index (χ0n) is 50.7. The number of hydrogen-bond donors (Lipinski definition) is 4. The molecule has 4 N–H and O–H groups in total. The molecule has 0 heterocycles. The van der Waals surface area contributed by atoms with Gasteiger partial charge in [-0.2, -0.15) is 0 Å². The van der Waals surface area contributed by atoms with E-state index < -0.39 is 24.2 Å². The van der Waals surface area contributed by atoms with Gasteiger partial charge in [-0.15, -0.1) is 0 Å². The average molecular weight is 1050 g/mol. The Morgan fingerprint density at radius 3 is 0.813 bits per heavy atom. The van der Waals surface area contributed by atoms with Gasteiger partial charge in [0.05, 0.1) is 18.8 Å². The van der Waals surface area contributed by atoms with Gasteiger partial charge in [-0.25, -0.2) is 0 Å². The molecule has 5 nitrogen and oxygen atoms in total. The quantitative estimate of drug-likeness (QED) is 0.0361. The zero-order valence-corrected chi connectivity index (χ0v) is 50.7. The standard InChI is InChI=1S/C70H133NO4/c1-3-5-7-9-11-13-15-17-19-21-23-25-27-29-30-31-32-33-34-35-36-37-38-39-41-43-45-47-49-51-53-55-57-59-61-63-65-69(74)70(75)71-67(66-72)68(73)64-62-60-58-56-54-52-50-48-46-44-42-40-28-26-24-22-20-18-16-14-12-10-8-6-4-2/h33-34,46,48,54,56,62,64,67-69,72-74H,3-32,35-45,47,49-53,55,57-61,63,65-66H2,1-2H3,(H,71,75)/b34-33-,48-46+,56-54+,64-62+. The van der Waals surface area contributed by atoms with Crippen LogP contribution in [-0.2, 0) is 4.79 Å². The molecule has 5 heteroatoms. The molecule has 75 heavy (non-hydrogen) atoms. The van der Waals surface area contributed by atoms with Gasteiger partial charge in [0.1, 0.15) is 6.10 Å². The van der Waals surface area contributed by atoms with Crippen molar-refractivity contribution >= 4 is 5.91 Å². The number of unbranched alkanes of at least 4 members (excludes halogenated alkanes) is 49. The first-order chi connectivity index (χ1) is 37.1. The predicted octanol–water partition coefficient (Wildman–Crippen LogP) is 21.9. The maximum Gasteiger partial charge on any atom is 0.249 e. The van der Waals surface area contributed by atoms with Gasteiger partial charge in [-0.05, 0) is 70.6 Å². The lowest BCUT2D eigenvalue weighted by Gasteiger charge is -2.21. The van der Waals surface area contributed by atoms with E-state index in [1.54, 1.807) is 6.08 Å². The highest BCUT2D eigenvalue weighted by Gasteiger charge is 2.22. The lowest BCUT2D eigenvalue weighted by molar-refractivity contribution is -0.131. The fraction of sp³-hybridized carbons (Fsp3) is 0.871. The van der Waals surface area contributed by atoms with E-state index in [2.05, 4.69) is 55.6 Å². The molecule has 0 aliphatic rings. The van der Waals surface area contributed by atoms with Gasteiger partial charge >= 0.3 is 0 Å². The summed E-state index contributed by atoms with van der Waals surface area (Å²) in [5, 5.41) is 33.5. The van der Waals surface area contributed by atoms with Crippen LogP contribution in [0.3, 0.4) is 0 Å². The highest BCUT2D eigenvalue weighted by atomic mass is 16.3. The first-order valence-electron chi connectivity index (χ1n) is 34.0. The summed E-state index contributed by atoms with van der Waals surface area (Å²) in [5.41, 5.74) is 0. The SMILES string of the molecule is CCCCCCCCCCCCCCCCC/C=C/CC/C=C/CC/C=C/C(O)C(CO)NC(=O)C(O)CCCCCCCCCCCCCCCCCC/C=C\CCCCCCCCCCCCCCCCCC. The number of carbonyl (C=O) groups is 1. The van der Waals surface area contributed by atoms with E-state index >= 15 is 0 Å². The van der Waals surface area contributed by atoms with Gasteiger partial charge in [-0.3, -0.25) is 4.79 Å². The molecule has 0 aromatic carbocycles. The molecule has 3 unspecified atom stereocenters. The largest absolute Gasteiger partial charge is 0.394 e. The fourth-order valence-corrected chi connectivity index (χ4v) is 10.6. The summed E-state index contributed by atoms with van der Waals surface area (Å²) in [6, 6.07) is -0.823. The molecular formula is C70H133NO4. The molecule has 0 saturated carbocycles. The number of carbonyl (C=O) groups excluding carboxylic acids is 1. The van der Waals surface area contributed by atoms with E-state index in [1.807, 2.05) is 6.08 Å². The molecule has 0 aromatic rings. The van der Waals surface area contributed by atoms with Crippen LogP contribution in [0.5, 0.6) is 0 Å². The zero-order chi connectivity index (χ0) is 54.3. The second kappa shape index (κ2) is 64.8. The molecule has 0 rings (SSSR count). The normalized spacial score (nSPS) is 13.4. The van der Waals surface area contributed by atoms with E-state index in [-0.39, 0.29) is 6.61 Å². The minimum atomic E-state index is -1.11. The van der Waals surface area contributed by atoms with Crippen molar-refractivity contribution in [3.05, 3.63) is 48.6 Å². The van der Waals surface area contributed by atoms with Crippen LogP contribution in [0.1, 0.15) is 367 Å². The van der Waals surface area contributed by atoms with Crippen molar-refractivity contribution in [2.45, 2.75) is 385 Å². The Morgan fingerprint density at radius 2 is 0.547 bits per heavy atom. The summed E-state index contributed by atoms with van der Waals surface area (Å²) < 4.78 is 0. The Hall–Kier alpha value is -1.69. The molecule has 3 atom stereocenters. The van der Waals surface area contributed by atoms with Gasteiger partial charge < -0.3 is 20.6 Å². The molecule has 0 fully saturated rings. The molecule has 0 spiro atoms. The number of hydrogen-bond acceptors (Lipinski definition) is 4. The van der Waals surface area contributed by atoms with Crippen molar-refractivity contribution in [2.75, 3.05) is 6.61 Å². The van der Waals surface area contributed by atoms with Crippen molar-refractivity contribution in [3.63, 3.8) is 0 Å². The summed E-state index contributed by atoms with van der Waals surface area (Å²) in [7, 11) is 0. The minimum absolute atomic E-state index is 0.380. The third-order valence-electron chi connectivity index (χ3n) is 15.9. The summed E-state index contributed by atoms with van der Waals surface area (Å²) in [6.45, 7) is 4.21. The Bertz CT molecular complexity index is 1210. The van der Waals surface area contributed by atoms with Crippen LogP contribution in [0, 0.1) is 0 Å². The number of nitrogens with one attached hydrogen (secondary N) is 1. The number of aliphatic hydroxyl groups excluding tert-OH is 3. The summed E-state index contributed by atoms with van der Waals surface area (Å²) in [6.07, 6.45) is 88.2. The molecule has 1 amide bonds. The predicted molar refractivity (Wildman–Crippen MR) is 333 cm³/mol. The van der Waals surface area contributed by atoms with E-state index in [4.69, 9.17) is 0 Å². The van der Waals surface area contributed by atoms with Crippen LogP contribution >= 0.6 is 0 Å². The second-order valence-electron chi connectivity index (χ2n) is 23.4. The van der Waals surface area contributed by atoms with Gasteiger partial charge in [0.15, 0.2) is 0 Å². The van der Waals surface area contributed by atoms with Crippen LogP contribution in [0.4, 0.5) is 0 Å². The average Bonchev–Trinajstić information content (AvgIpc) is 3.41. The van der Waals surface area contributed by atoms with Crippen molar-refractivity contribution in [3.8, 4) is 0 Å². The molecule has 0 saturated heterocycles. The molecule has 442 valence electrons. The maximum absolute atomic E-state index is 12.6. The van der Waals surface area contributed by atoms with Gasteiger partial charge in [0.25, 0.3) is 0 Å². The molecule has 0 radical (unpaired) electrons. The van der Waals surface area contributed by atoms with Gasteiger partial charge in [0.2, 0.25) is 5.91 Å². The van der Waals surface area contributed by atoms with Crippen molar-refractivity contribution in [1.82, 2.24) is 5.32 Å². The number of amides is 1. The van der Waals surface area contributed by atoms with Crippen LogP contribution in [-0.4, -0.2) is 46.1 Å². The molecule has 0 aromatic heterocycles. The first-order valence-corrected chi connectivity index (χ1v) is 34.0. The Labute approximate surface area is 469 Å². The van der Waals surface area contributed by atoms with E-state index in [1.165, 1.54) is 302 Å². The second-order valence-corrected chi connectivity index (χ2v) is 23.4. The van der Waals surface area contributed by atoms with E-state index in [9.17, 15) is 20.1 Å². The van der Waals surface area contributed by atoms with Crippen LogP contribution in [0.25, 0.3) is 0 Å². The van der Waals surface area contributed by atoms with Gasteiger partial charge in [0, 0.05) is 0 Å². The molecule has 0 aliphatic carbocycles. The minimum Gasteiger partial charge on any atom is -0.394 e. The maximum atomic E-state index is 12.6. The molecule has 0 aliphatic heterocycles. The Kier molecular flexibility index (Phi) is 63.4. The smallest absolute Gasteiger partial charge is 0.249 e. The third kappa shape index (κ3) is 59.8. The fourth-order valence-electron chi connectivity index (χ4n) is 10.6. The summed E-state index contributed by atoms with van der Waals surface area (Å²) in [5.74, 6) is -0.512. The molecule has 0 bridgehead atoms. The van der Waals surface area contributed by atoms with E-state index in [0.717, 1.165) is 44.9 Å². The van der Waals surface area contributed by atoms with Crippen LogP contribution < -0.4 is 5.32 Å². The highest BCUT2D eigenvalue weighted by Crippen LogP contribution is 2.18. The van der Waals surface area contributed by atoms with Crippen LogP contribution in [0.2, 0.25) is 0 Å². The lowest BCUT2D eigenvalue weighted by Crippen LogP contribution is -2.48. The highest BCUT2D eigenvalue weighted by molar-refractivity contribution is 5.80. The Balaban J connectivity index is 3.54. The van der Waals surface area contributed by atoms with Gasteiger partial charge in [-0.1, -0.05) is 345 Å². The Morgan fingerprint density at radius 1 is 0.320 bits per heavy atom. The number of rotatable bonds is 63. The topological polar surface area (TPSA) is 89.8 Å². The summed E-state index contributed by atoms with van der Waals surface area (Å²) >= 11 is 0. The lowest BCUT2D eigenvalue weighted by atomic mass is 10.0. The van der Waals surface area contributed by atoms with Crippen molar-refractivity contribution < 1.29 is 20.1 Å². The first kappa shape index (κ1) is 73.3. The summed E-state index contributed by atoms with van der Waals surface area (Å²) in [4.78, 5) is 12.6. The van der Waals surface area contributed by atoms with Crippen molar-refractivity contribution in [2.24, 2.45) is 0 Å². The number of allylic oxidation sites excluding steroid dienone is 7. The third-order valence-corrected chi connectivity index (χ3v) is 15.9. The monoisotopic (exact) mass is 1050 g/mol. The number of aliphatic hydroxyl groups is 3. The van der Waals surface area contributed by atoms with Crippen molar-refractivity contribution in [1.29, 1.82) is 0 Å².